The van der Waals surface area contributed by atoms with E-state index in [1.54, 1.807) is 18.2 Å². The fourth-order valence-electron chi connectivity index (χ4n) is 1.93. The van der Waals surface area contributed by atoms with Crippen LogP contribution in [0.25, 0.3) is 0 Å². The number of hydrogen-bond donors (Lipinski definition) is 3. The van der Waals surface area contributed by atoms with Crippen LogP contribution in [0.1, 0.15) is 30.1 Å². The second-order valence-corrected chi connectivity index (χ2v) is 4.55. The molecule has 1 saturated carbocycles. The lowest BCUT2D eigenvalue weighted by Crippen LogP contribution is -2.27. The SMILES string of the molecule is N#CC1(c2cccc(C(O)C(O)C(=O)O)c2)CC1. The molecule has 0 heterocycles. The summed E-state index contributed by atoms with van der Waals surface area (Å²) in [7, 11) is 0. The Kier molecular flexibility index (Phi) is 3.07. The van der Waals surface area contributed by atoms with Crippen LogP contribution < -0.4 is 0 Å². The van der Waals surface area contributed by atoms with E-state index in [2.05, 4.69) is 6.07 Å². The number of nitrogens with zero attached hydrogens (tertiary/aromatic N) is 1. The van der Waals surface area contributed by atoms with E-state index in [-0.39, 0.29) is 0 Å². The van der Waals surface area contributed by atoms with Gasteiger partial charge in [-0.2, -0.15) is 5.26 Å². The monoisotopic (exact) mass is 247 g/mol. The zero-order chi connectivity index (χ0) is 13.3. The Balaban J connectivity index is 2.28. The molecule has 94 valence electrons. The molecule has 0 saturated heterocycles. The van der Waals surface area contributed by atoms with E-state index in [1.807, 2.05) is 0 Å². The van der Waals surface area contributed by atoms with Crippen LogP contribution in [0, 0.1) is 11.3 Å². The highest BCUT2D eigenvalue weighted by Gasteiger charge is 2.45. The first kappa shape index (κ1) is 12.6. The lowest BCUT2D eigenvalue weighted by Gasteiger charge is -2.16. The molecule has 2 rings (SSSR count). The molecule has 2 atom stereocenters. The van der Waals surface area contributed by atoms with Gasteiger partial charge in [0.15, 0.2) is 6.10 Å². The van der Waals surface area contributed by atoms with Crippen molar-refractivity contribution in [3.05, 3.63) is 35.4 Å². The van der Waals surface area contributed by atoms with Crippen LogP contribution in [0.15, 0.2) is 24.3 Å². The first-order chi connectivity index (χ1) is 8.50. The molecule has 0 aliphatic heterocycles. The first-order valence-electron chi connectivity index (χ1n) is 5.61. The lowest BCUT2D eigenvalue weighted by atomic mass is 9.93. The number of rotatable bonds is 4. The summed E-state index contributed by atoms with van der Waals surface area (Å²) < 4.78 is 0. The summed E-state index contributed by atoms with van der Waals surface area (Å²) in [6.07, 6.45) is -1.82. The molecule has 0 radical (unpaired) electrons. The molecule has 5 heteroatoms. The van der Waals surface area contributed by atoms with E-state index in [9.17, 15) is 15.0 Å². The number of carbonyl (C=O) groups is 1. The minimum absolute atomic E-state index is 0.309. The Labute approximate surface area is 104 Å². The summed E-state index contributed by atoms with van der Waals surface area (Å²) in [5, 5.41) is 36.7. The third-order valence-electron chi connectivity index (χ3n) is 3.30. The molecule has 0 bridgehead atoms. The Morgan fingerprint density at radius 1 is 1.39 bits per heavy atom. The third kappa shape index (κ3) is 2.08. The van der Waals surface area contributed by atoms with Crippen LogP contribution in [0.4, 0.5) is 0 Å². The van der Waals surface area contributed by atoms with E-state index in [1.165, 1.54) is 6.07 Å². The summed E-state index contributed by atoms with van der Waals surface area (Å²) >= 11 is 0. The quantitative estimate of drug-likeness (QED) is 0.727. The standard InChI is InChI=1S/C13H13NO4/c14-7-13(4-5-13)9-3-1-2-8(6-9)10(15)11(16)12(17)18/h1-3,6,10-11,15-16H,4-5H2,(H,17,18). The average molecular weight is 247 g/mol. The van der Waals surface area contributed by atoms with Crippen molar-refractivity contribution in [1.82, 2.24) is 0 Å². The van der Waals surface area contributed by atoms with Gasteiger partial charge in [-0.3, -0.25) is 0 Å². The lowest BCUT2D eigenvalue weighted by molar-refractivity contribution is -0.153. The molecule has 0 aromatic heterocycles. The van der Waals surface area contributed by atoms with Gasteiger partial charge in [0.2, 0.25) is 0 Å². The van der Waals surface area contributed by atoms with E-state index < -0.39 is 23.6 Å². The number of carboxylic acids is 1. The van der Waals surface area contributed by atoms with Crippen molar-refractivity contribution in [2.45, 2.75) is 30.5 Å². The zero-order valence-electron chi connectivity index (χ0n) is 9.58. The summed E-state index contributed by atoms with van der Waals surface area (Å²) in [4.78, 5) is 10.6. The van der Waals surface area contributed by atoms with Crippen LogP contribution in [0.2, 0.25) is 0 Å². The predicted molar refractivity (Wildman–Crippen MR) is 61.6 cm³/mol. The van der Waals surface area contributed by atoms with Crippen LogP contribution in [0.3, 0.4) is 0 Å². The van der Waals surface area contributed by atoms with Gasteiger partial charge < -0.3 is 15.3 Å². The molecule has 5 nitrogen and oxygen atoms in total. The van der Waals surface area contributed by atoms with Gasteiger partial charge in [-0.25, -0.2) is 4.79 Å². The Hall–Kier alpha value is -1.90. The second-order valence-electron chi connectivity index (χ2n) is 4.55. The topological polar surface area (TPSA) is 102 Å². The highest BCUT2D eigenvalue weighted by Crippen LogP contribution is 2.47. The number of nitriles is 1. The Morgan fingerprint density at radius 3 is 2.56 bits per heavy atom. The molecule has 1 aromatic carbocycles. The maximum absolute atomic E-state index is 10.6. The molecule has 1 aliphatic rings. The number of aliphatic hydroxyl groups is 2. The molecule has 1 fully saturated rings. The van der Waals surface area contributed by atoms with Crippen LogP contribution in [-0.4, -0.2) is 27.4 Å². The van der Waals surface area contributed by atoms with Gasteiger partial charge in [-0.15, -0.1) is 0 Å². The summed E-state index contributed by atoms with van der Waals surface area (Å²) in [5.41, 5.74) is 0.576. The van der Waals surface area contributed by atoms with Gasteiger partial charge in [-0.1, -0.05) is 24.3 Å². The van der Waals surface area contributed by atoms with Crippen LogP contribution >= 0.6 is 0 Å². The van der Waals surface area contributed by atoms with Crippen molar-refractivity contribution in [1.29, 1.82) is 5.26 Å². The van der Waals surface area contributed by atoms with Crippen LogP contribution in [0.5, 0.6) is 0 Å². The second kappa shape index (κ2) is 4.41. The highest BCUT2D eigenvalue weighted by atomic mass is 16.4. The molecule has 0 spiro atoms. The number of aliphatic hydroxyl groups excluding tert-OH is 2. The molecule has 1 aromatic rings. The van der Waals surface area contributed by atoms with E-state index >= 15 is 0 Å². The summed E-state index contributed by atoms with van der Waals surface area (Å²) in [6.45, 7) is 0. The van der Waals surface area contributed by atoms with Gasteiger partial charge in [0.25, 0.3) is 0 Å². The highest BCUT2D eigenvalue weighted by molar-refractivity contribution is 5.73. The summed E-state index contributed by atoms with van der Waals surface area (Å²) in [6, 6.07) is 8.78. The van der Waals surface area contributed by atoms with Crippen molar-refractivity contribution < 1.29 is 20.1 Å². The fraction of sp³-hybridized carbons (Fsp3) is 0.385. The minimum atomic E-state index is -1.86. The number of benzene rings is 1. The molecule has 18 heavy (non-hydrogen) atoms. The predicted octanol–water partition coefficient (Wildman–Crippen LogP) is 0.721. The van der Waals surface area contributed by atoms with Gasteiger partial charge in [0.05, 0.1) is 11.5 Å². The molecule has 3 N–H and O–H groups in total. The molecule has 2 unspecified atom stereocenters. The Morgan fingerprint density at radius 2 is 2.06 bits per heavy atom. The molecule has 1 aliphatic carbocycles. The zero-order valence-corrected chi connectivity index (χ0v) is 9.58. The molecule has 0 amide bonds. The first-order valence-corrected chi connectivity index (χ1v) is 5.61. The largest absolute Gasteiger partial charge is 0.479 e. The molecular formula is C13H13NO4. The van der Waals surface area contributed by atoms with Gasteiger partial charge in [0, 0.05) is 0 Å². The third-order valence-corrected chi connectivity index (χ3v) is 3.30. The maximum Gasteiger partial charge on any atom is 0.335 e. The summed E-state index contributed by atoms with van der Waals surface area (Å²) in [5.74, 6) is -1.48. The van der Waals surface area contributed by atoms with Crippen molar-refractivity contribution in [3.8, 4) is 6.07 Å². The molecular weight excluding hydrogens is 234 g/mol. The van der Waals surface area contributed by atoms with Crippen molar-refractivity contribution >= 4 is 5.97 Å². The van der Waals surface area contributed by atoms with Crippen LogP contribution in [-0.2, 0) is 10.2 Å². The average Bonchev–Trinajstić information content (AvgIpc) is 3.18. The minimum Gasteiger partial charge on any atom is -0.479 e. The fourth-order valence-corrected chi connectivity index (χ4v) is 1.93. The van der Waals surface area contributed by atoms with Crippen molar-refractivity contribution in [3.63, 3.8) is 0 Å². The van der Waals surface area contributed by atoms with E-state index in [0.717, 1.165) is 18.4 Å². The number of aliphatic carboxylic acids is 1. The number of carboxylic acid groups (broad SMARTS) is 1. The van der Waals surface area contributed by atoms with Crippen molar-refractivity contribution in [2.24, 2.45) is 0 Å². The normalized spacial score (nSPS) is 19.6. The van der Waals surface area contributed by atoms with E-state index in [0.29, 0.717) is 5.56 Å². The Bertz CT molecular complexity index is 516. The maximum atomic E-state index is 10.6. The van der Waals surface area contributed by atoms with Gasteiger partial charge in [0.1, 0.15) is 6.10 Å². The van der Waals surface area contributed by atoms with Gasteiger partial charge in [-0.05, 0) is 24.0 Å². The van der Waals surface area contributed by atoms with Gasteiger partial charge >= 0.3 is 5.97 Å². The number of hydrogen-bond acceptors (Lipinski definition) is 4. The van der Waals surface area contributed by atoms with Crippen molar-refractivity contribution in [2.75, 3.05) is 0 Å². The smallest absolute Gasteiger partial charge is 0.335 e. The van der Waals surface area contributed by atoms with E-state index in [4.69, 9.17) is 10.4 Å².